The molecule has 2 rings (SSSR count). The van der Waals surface area contributed by atoms with Crippen LogP contribution in [0.15, 0.2) is 29.2 Å². The van der Waals surface area contributed by atoms with Gasteiger partial charge in [-0.1, -0.05) is 0 Å². The van der Waals surface area contributed by atoms with Crippen LogP contribution >= 0.6 is 12.0 Å². The number of hydrogen-bond acceptors (Lipinski definition) is 3. The fourth-order valence-electron chi connectivity index (χ4n) is 1.56. The number of hydrogen-bond donors (Lipinski definition) is 0. The van der Waals surface area contributed by atoms with Crippen LogP contribution < -0.4 is 21.9 Å². The Bertz CT molecular complexity index is 396. The monoisotopic (exact) mass is 390 g/mol. The Hall–Kier alpha value is 0.01000. The number of rotatable bonds is 4. The van der Waals surface area contributed by atoms with Gasteiger partial charge in [-0.25, -0.2) is 0 Å². The quantitative estimate of drug-likeness (QED) is 0.428. The van der Waals surface area contributed by atoms with Crippen LogP contribution in [0, 0.1) is 0 Å². The van der Waals surface area contributed by atoms with Gasteiger partial charge in [0.2, 0.25) is 0 Å². The van der Waals surface area contributed by atoms with E-state index in [0.717, 1.165) is 37.3 Å². The molecular formula is C11H12F3INOS-. The Labute approximate surface area is 119 Å². The summed E-state index contributed by atoms with van der Waals surface area (Å²) in [5.74, 6) is 0. The molecule has 102 valence electrons. The number of nitrogens with zero attached hydrogens (tertiary/aromatic N) is 1. The molecule has 2 nitrogen and oxygen atoms in total. The van der Waals surface area contributed by atoms with Gasteiger partial charge in [-0.3, -0.25) is 0 Å². The first-order chi connectivity index (χ1) is 8.55. The van der Waals surface area contributed by atoms with Crippen LogP contribution in [0.2, 0.25) is 0 Å². The first-order valence-corrected chi connectivity index (χ1v) is 8.05. The molecule has 1 aromatic carbocycles. The zero-order chi connectivity index (χ0) is 13.0. The summed E-state index contributed by atoms with van der Waals surface area (Å²) in [6.45, 7) is 2.10. The Morgan fingerprint density at radius 2 is 1.94 bits per heavy atom. The van der Waals surface area contributed by atoms with Crippen LogP contribution in [0.5, 0.6) is 0 Å². The summed E-state index contributed by atoms with van der Waals surface area (Å²) in [6.07, 6.45) is -1.91. The molecule has 0 atom stereocenters. The first-order valence-electron chi connectivity index (χ1n) is 5.46. The van der Waals surface area contributed by atoms with Crippen molar-refractivity contribution in [3.63, 3.8) is 0 Å². The zero-order valence-electron chi connectivity index (χ0n) is 9.41. The minimum atomic E-state index is -4.29. The summed E-state index contributed by atoms with van der Waals surface area (Å²) < 4.78 is 45.2. The molecule has 0 radical (unpaired) electrons. The van der Waals surface area contributed by atoms with E-state index in [1.165, 1.54) is 18.9 Å². The minimum absolute atomic E-state index is 0.503. The third-order valence-electron chi connectivity index (χ3n) is 2.47. The Morgan fingerprint density at radius 3 is 2.61 bits per heavy atom. The van der Waals surface area contributed by atoms with Crippen molar-refractivity contribution in [1.29, 1.82) is 0 Å². The average molecular weight is 390 g/mol. The molecule has 0 spiro atoms. The standard InChI is InChI=1S/C11H12F3INOS/c12-11(13,14)9-4-3-5-10(8-9)18-17-15-16-6-1-2-7-16/h3-5,8H,1-2,6-7H2/q-1. The number of benzene rings is 1. The Morgan fingerprint density at radius 1 is 1.22 bits per heavy atom. The van der Waals surface area contributed by atoms with Crippen molar-refractivity contribution in [2.24, 2.45) is 0 Å². The molecular weight excluding hydrogens is 378 g/mol. The topological polar surface area (TPSA) is 12.5 Å². The van der Waals surface area contributed by atoms with Gasteiger partial charge in [-0.05, 0) is 0 Å². The maximum atomic E-state index is 12.5. The molecule has 18 heavy (non-hydrogen) atoms. The van der Waals surface area contributed by atoms with Gasteiger partial charge in [0.25, 0.3) is 0 Å². The van der Waals surface area contributed by atoms with Crippen LogP contribution in [0.25, 0.3) is 0 Å². The molecule has 7 heteroatoms. The molecule has 0 unspecified atom stereocenters. The van der Waals surface area contributed by atoms with E-state index in [-0.39, 0.29) is 0 Å². The van der Waals surface area contributed by atoms with Crippen molar-refractivity contribution >= 4 is 12.0 Å². The molecule has 1 heterocycles. The van der Waals surface area contributed by atoms with E-state index in [4.69, 9.17) is 2.51 Å². The van der Waals surface area contributed by atoms with Crippen molar-refractivity contribution in [3.05, 3.63) is 29.8 Å². The van der Waals surface area contributed by atoms with Crippen molar-refractivity contribution in [1.82, 2.24) is 3.11 Å². The molecule has 0 saturated carbocycles. The predicted molar refractivity (Wildman–Crippen MR) is 59.2 cm³/mol. The molecule has 1 aliphatic rings. The van der Waals surface area contributed by atoms with Crippen LogP contribution in [0.3, 0.4) is 0 Å². The average Bonchev–Trinajstić information content (AvgIpc) is 2.81. The summed E-state index contributed by atoms with van der Waals surface area (Å²) in [4.78, 5) is 0.503. The third-order valence-corrected chi connectivity index (χ3v) is 5.58. The second-order valence-electron chi connectivity index (χ2n) is 3.86. The van der Waals surface area contributed by atoms with E-state index in [1.807, 2.05) is 0 Å². The molecule has 0 bridgehead atoms. The zero-order valence-corrected chi connectivity index (χ0v) is 12.4. The van der Waals surface area contributed by atoms with Gasteiger partial charge < -0.3 is 0 Å². The summed E-state index contributed by atoms with van der Waals surface area (Å²) in [6, 6.07) is 5.23. The normalized spacial score (nSPS) is 17.5. The maximum absolute atomic E-state index is 12.5. The van der Waals surface area contributed by atoms with Crippen molar-refractivity contribution in [3.8, 4) is 0 Å². The van der Waals surface area contributed by atoms with Crippen LogP contribution in [0.1, 0.15) is 18.4 Å². The SMILES string of the molecule is FC(F)(F)c1cccc(SO[I-]N2CCCC2)c1. The molecule has 1 fully saturated rings. The molecule has 1 saturated heterocycles. The molecule has 0 amide bonds. The van der Waals surface area contributed by atoms with Gasteiger partial charge in [0.05, 0.1) is 0 Å². The van der Waals surface area contributed by atoms with Gasteiger partial charge in [0.1, 0.15) is 0 Å². The Kier molecular flexibility index (Phi) is 5.16. The third kappa shape index (κ3) is 4.29. The van der Waals surface area contributed by atoms with E-state index in [2.05, 4.69) is 3.11 Å². The molecule has 1 aliphatic heterocycles. The van der Waals surface area contributed by atoms with Crippen LogP contribution in [-0.2, 0) is 8.69 Å². The van der Waals surface area contributed by atoms with E-state index < -0.39 is 33.6 Å². The molecule has 0 aromatic heterocycles. The molecule has 0 N–H and O–H groups in total. The van der Waals surface area contributed by atoms with Crippen molar-refractivity contribution < 1.29 is 37.6 Å². The van der Waals surface area contributed by atoms with Gasteiger partial charge in [-0.15, -0.1) is 0 Å². The molecule has 1 aromatic rings. The van der Waals surface area contributed by atoms with E-state index in [1.54, 1.807) is 6.07 Å². The van der Waals surface area contributed by atoms with E-state index in [0.29, 0.717) is 4.90 Å². The second-order valence-corrected chi connectivity index (χ2v) is 7.46. The summed E-state index contributed by atoms with van der Waals surface area (Å²) in [5, 5.41) is 0. The van der Waals surface area contributed by atoms with E-state index >= 15 is 0 Å². The Balaban J connectivity index is 1.85. The second kappa shape index (κ2) is 6.44. The number of alkyl halides is 3. The van der Waals surface area contributed by atoms with Gasteiger partial charge in [0.15, 0.2) is 0 Å². The number of halogens is 4. The summed E-state index contributed by atoms with van der Waals surface area (Å²) >= 11 is 0.517. The fourth-order valence-corrected chi connectivity index (χ4v) is 4.67. The van der Waals surface area contributed by atoms with Crippen LogP contribution in [0.4, 0.5) is 13.2 Å². The van der Waals surface area contributed by atoms with Gasteiger partial charge >= 0.3 is 120 Å². The van der Waals surface area contributed by atoms with Gasteiger partial charge in [0, 0.05) is 0 Å². The molecule has 0 aliphatic carbocycles. The predicted octanol–water partition coefficient (Wildman–Crippen LogP) is 0.744. The van der Waals surface area contributed by atoms with Crippen molar-refractivity contribution in [2.45, 2.75) is 23.9 Å². The summed E-state index contributed by atoms with van der Waals surface area (Å²) in [5.41, 5.74) is -0.629. The fraction of sp³-hybridized carbons (Fsp3) is 0.455. The van der Waals surface area contributed by atoms with Gasteiger partial charge in [-0.2, -0.15) is 0 Å². The van der Waals surface area contributed by atoms with E-state index in [9.17, 15) is 13.2 Å². The van der Waals surface area contributed by atoms with Crippen LogP contribution in [-0.4, -0.2) is 16.2 Å². The van der Waals surface area contributed by atoms with Crippen molar-refractivity contribution in [2.75, 3.05) is 13.1 Å². The first kappa shape index (κ1) is 14.4. The summed E-state index contributed by atoms with van der Waals surface area (Å²) in [7, 11) is 0.